The number of aryl methyl sites for hydroxylation is 1. The molecule has 1 aliphatic heterocycles. The molecule has 1 atom stereocenters. The summed E-state index contributed by atoms with van der Waals surface area (Å²) in [6.07, 6.45) is -0.449. The van der Waals surface area contributed by atoms with E-state index in [1.165, 1.54) is 7.05 Å². The van der Waals surface area contributed by atoms with Crippen LogP contribution in [0.15, 0.2) is 62.6 Å². The number of hydrogen-bond donors (Lipinski definition) is 0. The van der Waals surface area contributed by atoms with Crippen molar-refractivity contribution in [3.8, 4) is 17.0 Å². The maximum Gasteiger partial charge on any atom is 0.331 e. The zero-order valence-electron chi connectivity index (χ0n) is 18.0. The van der Waals surface area contributed by atoms with Crippen LogP contribution in [-0.2, 0) is 25.4 Å². The van der Waals surface area contributed by atoms with E-state index in [-0.39, 0.29) is 11.2 Å². The minimum Gasteiger partial charge on any atom is -0.497 e. The molecule has 2 aromatic carbocycles. The van der Waals surface area contributed by atoms with Crippen LogP contribution in [0, 0.1) is 0 Å². The maximum atomic E-state index is 13.4. The van der Waals surface area contributed by atoms with E-state index in [2.05, 4.69) is 20.5 Å². The molecule has 3 heterocycles. The third-order valence-electron chi connectivity index (χ3n) is 6.08. The van der Waals surface area contributed by atoms with Gasteiger partial charge in [0.2, 0.25) is 0 Å². The monoisotopic (exact) mass is 495 g/mol. The van der Waals surface area contributed by atoms with Gasteiger partial charge in [-0.1, -0.05) is 46.3 Å². The maximum absolute atomic E-state index is 13.4. The molecule has 2 aromatic heterocycles. The summed E-state index contributed by atoms with van der Waals surface area (Å²) in [6.45, 7) is 1.04. The molecule has 1 unspecified atom stereocenters. The van der Waals surface area contributed by atoms with E-state index in [4.69, 9.17) is 9.47 Å². The quantitative estimate of drug-likeness (QED) is 0.435. The van der Waals surface area contributed by atoms with E-state index in [0.717, 1.165) is 37.3 Å². The molecule has 1 aliphatic rings. The number of ether oxygens (including phenoxy) is 2. The Bertz CT molecular complexity index is 1480. The lowest BCUT2D eigenvalue weighted by Crippen LogP contribution is -2.37. The minimum atomic E-state index is -0.449. The Morgan fingerprint density at radius 3 is 2.59 bits per heavy atom. The van der Waals surface area contributed by atoms with Gasteiger partial charge in [0.25, 0.3) is 5.56 Å². The highest BCUT2D eigenvalue weighted by molar-refractivity contribution is 9.10. The summed E-state index contributed by atoms with van der Waals surface area (Å²) in [7, 11) is 4.84. The van der Waals surface area contributed by atoms with Crippen molar-refractivity contribution in [2.45, 2.75) is 12.6 Å². The van der Waals surface area contributed by atoms with E-state index < -0.39 is 6.10 Å². The summed E-state index contributed by atoms with van der Waals surface area (Å²) in [6, 6.07) is 15.5. The average molecular weight is 496 g/mol. The standard InChI is InChI=1S/C24H22BrN3O4/c1-26-20-18(23(29)27(2)24(26)30)19(16-9-4-5-10-17(16)25)28-11-12-32-22(21(20)28)14-7-6-8-15(13-14)31-3/h4-10,13,22H,11-12H2,1-3H3. The van der Waals surface area contributed by atoms with Crippen molar-refractivity contribution >= 4 is 26.8 Å². The normalized spacial score (nSPS) is 15.7. The summed E-state index contributed by atoms with van der Waals surface area (Å²) < 4.78 is 17.4. The van der Waals surface area contributed by atoms with Crippen LogP contribution >= 0.6 is 15.9 Å². The van der Waals surface area contributed by atoms with Gasteiger partial charge in [-0.15, -0.1) is 0 Å². The zero-order chi connectivity index (χ0) is 22.6. The fourth-order valence-electron chi connectivity index (χ4n) is 4.57. The summed E-state index contributed by atoms with van der Waals surface area (Å²) in [5.41, 5.74) is 3.28. The molecule has 0 aliphatic carbocycles. The number of fused-ring (bicyclic) bond motifs is 3. The Hall–Kier alpha value is -3.10. The van der Waals surface area contributed by atoms with Gasteiger partial charge in [0.15, 0.2) is 0 Å². The molecule has 32 heavy (non-hydrogen) atoms. The first-order valence-electron chi connectivity index (χ1n) is 10.3. The van der Waals surface area contributed by atoms with Gasteiger partial charge in [-0.3, -0.25) is 13.9 Å². The van der Waals surface area contributed by atoms with E-state index in [9.17, 15) is 9.59 Å². The van der Waals surface area contributed by atoms with Crippen LogP contribution < -0.4 is 16.0 Å². The third kappa shape index (κ3) is 2.97. The smallest absolute Gasteiger partial charge is 0.331 e. The Morgan fingerprint density at radius 1 is 1.06 bits per heavy atom. The van der Waals surface area contributed by atoms with Gasteiger partial charge in [0.05, 0.1) is 36.0 Å². The number of benzene rings is 2. The average Bonchev–Trinajstić information content (AvgIpc) is 3.17. The molecular formula is C24H22BrN3O4. The van der Waals surface area contributed by atoms with Gasteiger partial charge in [0, 0.05) is 30.7 Å². The molecule has 0 bridgehead atoms. The van der Waals surface area contributed by atoms with E-state index in [1.54, 1.807) is 18.7 Å². The largest absolute Gasteiger partial charge is 0.497 e. The van der Waals surface area contributed by atoms with Crippen molar-refractivity contribution in [2.75, 3.05) is 13.7 Å². The number of halogens is 1. The molecule has 0 N–H and O–H groups in total. The number of methoxy groups -OCH3 is 1. The molecule has 0 radical (unpaired) electrons. The van der Waals surface area contributed by atoms with Gasteiger partial charge in [0.1, 0.15) is 11.9 Å². The van der Waals surface area contributed by atoms with Crippen LogP contribution in [0.2, 0.25) is 0 Å². The second kappa shape index (κ2) is 7.79. The number of nitrogens with zero attached hydrogens (tertiary/aromatic N) is 3. The van der Waals surface area contributed by atoms with Gasteiger partial charge in [-0.05, 0) is 23.8 Å². The highest BCUT2D eigenvalue weighted by atomic mass is 79.9. The predicted molar refractivity (Wildman–Crippen MR) is 126 cm³/mol. The van der Waals surface area contributed by atoms with Crippen LogP contribution in [-0.4, -0.2) is 27.4 Å². The van der Waals surface area contributed by atoms with Crippen LogP contribution in [0.25, 0.3) is 22.2 Å². The predicted octanol–water partition coefficient (Wildman–Crippen LogP) is 3.60. The minimum absolute atomic E-state index is 0.319. The summed E-state index contributed by atoms with van der Waals surface area (Å²) in [5, 5.41) is 0.509. The fraction of sp³-hybridized carbons (Fsp3) is 0.250. The lowest BCUT2D eigenvalue weighted by molar-refractivity contribution is 0.0477. The number of rotatable bonds is 3. The summed E-state index contributed by atoms with van der Waals surface area (Å²) >= 11 is 3.65. The van der Waals surface area contributed by atoms with Crippen molar-refractivity contribution in [2.24, 2.45) is 14.1 Å². The molecular weight excluding hydrogens is 474 g/mol. The van der Waals surface area contributed by atoms with Crippen LogP contribution in [0.1, 0.15) is 17.4 Å². The first-order valence-corrected chi connectivity index (χ1v) is 11.1. The van der Waals surface area contributed by atoms with Gasteiger partial charge in [-0.25, -0.2) is 4.79 Å². The molecule has 0 saturated heterocycles. The first-order chi connectivity index (χ1) is 15.4. The number of aromatic nitrogens is 3. The van der Waals surface area contributed by atoms with Crippen LogP contribution in [0.5, 0.6) is 5.75 Å². The van der Waals surface area contributed by atoms with E-state index in [0.29, 0.717) is 24.1 Å². The van der Waals surface area contributed by atoms with Crippen molar-refractivity contribution in [3.63, 3.8) is 0 Å². The van der Waals surface area contributed by atoms with Crippen molar-refractivity contribution < 1.29 is 9.47 Å². The summed E-state index contributed by atoms with van der Waals surface area (Å²) in [5.74, 6) is 0.718. The Kier molecular flexibility index (Phi) is 5.06. The molecule has 0 fully saturated rings. The molecule has 0 saturated carbocycles. The van der Waals surface area contributed by atoms with Crippen LogP contribution in [0.4, 0.5) is 0 Å². The topological polar surface area (TPSA) is 67.4 Å². The van der Waals surface area contributed by atoms with Crippen molar-refractivity contribution in [3.05, 3.63) is 85.1 Å². The molecule has 0 amide bonds. The highest BCUT2D eigenvalue weighted by Crippen LogP contribution is 2.42. The fourth-order valence-corrected chi connectivity index (χ4v) is 5.04. The van der Waals surface area contributed by atoms with Gasteiger partial charge < -0.3 is 14.0 Å². The van der Waals surface area contributed by atoms with Crippen molar-refractivity contribution in [1.29, 1.82) is 0 Å². The summed E-state index contributed by atoms with van der Waals surface area (Å²) in [4.78, 5) is 26.3. The van der Waals surface area contributed by atoms with Crippen LogP contribution in [0.3, 0.4) is 0 Å². The molecule has 164 valence electrons. The lowest BCUT2D eigenvalue weighted by atomic mass is 10.0. The van der Waals surface area contributed by atoms with Crippen molar-refractivity contribution in [1.82, 2.24) is 13.7 Å². The number of hydrogen-bond acceptors (Lipinski definition) is 4. The zero-order valence-corrected chi connectivity index (χ0v) is 19.5. The Balaban J connectivity index is 1.95. The molecule has 0 spiro atoms. The van der Waals surface area contributed by atoms with Gasteiger partial charge >= 0.3 is 5.69 Å². The molecule has 7 nitrogen and oxygen atoms in total. The second-order valence-corrected chi connectivity index (χ2v) is 8.68. The Morgan fingerprint density at radius 2 is 1.84 bits per heavy atom. The lowest BCUT2D eigenvalue weighted by Gasteiger charge is -2.28. The second-order valence-electron chi connectivity index (χ2n) is 7.82. The highest BCUT2D eigenvalue weighted by Gasteiger charge is 2.33. The van der Waals surface area contributed by atoms with Gasteiger partial charge in [-0.2, -0.15) is 0 Å². The SMILES string of the molecule is COc1cccc(C2OCCn3c(-c4ccccc4Br)c4c(=O)n(C)c(=O)n(C)c4c32)c1. The molecule has 5 rings (SSSR count). The Labute approximate surface area is 192 Å². The third-order valence-corrected chi connectivity index (χ3v) is 6.77. The van der Waals surface area contributed by atoms with E-state index >= 15 is 0 Å². The first kappa shape index (κ1) is 20.8. The molecule has 4 aromatic rings. The molecule has 8 heteroatoms. The van der Waals surface area contributed by atoms with E-state index in [1.807, 2.05) is 48.5 Å².